The van der Waals surface area contributed by atoms with Crippen LogP contribution in [0, 0.1) is 5.82 Å². The highest BCUT2D eigenvalue weighted by atomic mass is 35.5. The van der Waals surface area contributed by atoms with Gasteiger partial charge >= 0.3 is 12.2 Å². The zero-order valence-electron chi connectivity index (χ0n) is 16.8. The molecule has 0 bridgehead atoms. The Labute approximate surface area is 174 Å². The first-order valence-electron chi connectivity index (χ1n) is 8.76. The molecule has 156 valence electrons. The van der Waals surface area contributed by atoms with E-state index >= 15 is 0 Å². The number of amides is 2. The summed E-state index contributed by atoms with van der Waals surface area (Å²) in [6.07, 6.45) is -1.25. The number of likely N-dealkylation sites (tertiary alicyclic amines) is 1. The van der Waals surface area contributed by atoms with E-state index in [0.29, 0.717) is 5.56 Å². The lowest BCUT2D eigenvalue weighted by molar-refractivity contribution is -0.0230. The second kappa shape index (κ2) is 7.59. The molecule has 1 aromatic carbocycles. The Morgan fingerprint density at radius 3 is 2.07 bits per heavy atom. The number of rotatable bonds is 2. The van der Waals surface area contributed by atoms with E-state index in [1.807, 2.05) is 0 Å². The molecule has 1 heterocycles. The van der Waals surface area contributed by atoms with Crippen LogP contribution >= 0.6 is 23.2 Å². The number of alkyl carbamates (subject to hydrolysis) is 1. The summed E-state index contributed by atoms with van der Waals surface area (Å²) in [5.74, 6) is -0.679. The molecule has 0 aromatic heterocycles. The van der Waals surface area contributed by atoms with E-state index in [4.69, 9.17) is 32.7 Å². The molecule has 1 fully saturated rings. The van der Waals surface area contributed by atoms with Crippen LogP contribution in [0.5, 0.6) is 0 Å². The Morgan fingerprint density at radius 1 is 1.04 bits per heavy atom. The zero-order chi connectivity index (χ0) is 21.5. The molecule has 2 rings (SSSR count). The molecule has 1 aromatic rings. The quantitative estimate of drug-likeness (QED) is 0.657. The van der Waals surface area contributed by atoms with Crippen molar-refractivity contribution < 1.29 is 23.5 Å². The number of hydrogen-bond acceptors (Lipinski definition) is 4. The summed E-state index contributed by atoms with van der Waals surface area (Å²) >= 11 is 12.1. The van der Waals surface area contributed by atoms with Gasteiger partial charge in [0.15, 0.2) is 0 Å². The molecule has 1 saturated heterocycles. The minimum atomic E-state index is -1.12. The van der Waals surface area contributed by atoms with E-state index in [-0.39, 0.29) is 23.1 Å². The normalized spacial score (nSPS) is 16.2. The summed E-state index contributed by atoms with van der Waals surface area (Å²) in [6.45, 7) is 10.5. The van der Waals surface area contributed by atoms with Crippen molar-refractivity contribution in [3.63, 3.8) is 0 Å². The van der Waals surface area contributed by atoms with Gasteiger partial charge in [0, 0.05) is 10.6 Å². The van der Waals surface area contributed by atoms with Crippen molar-refractivity contribution in [2.45, 2.75) is 58.3 Å². The van der Waals surface area contributed by atoms with Crippen LogP contribution in [0.4, 0.5) is 14.0 Å². The van der Waals surface area contributed by atoms with Gasteiger partial charge in [-0.1, -0.05) is 23.2 Å². The number of hydrogen-bond donors (Lipinski definition) is 1. The Hall–Kier alpha value is -1.73. The maximum absolute atomic E-state index is 14.1. The third-order valence-electron chi connectivity index (χ3n) is 3.84. The highest BCUT2D eigenvalue weighted by Gasteiger charge is 2.50. The Balaban J connectivity index is 2.30. The summed E-state index contributed by atoms with van der Waals surface area (Å²) in [6, 6.07) is 2.43. The molecule has 1 aliphatic rings. The van der Waals surface area contributed by atoms with Crippen LogP contribution in [0.3, 0.4) is 0 Å². The maximum atomic E-state index is 14.1. The Morgan fingerprint density at radius 2 is 1.57 bits per heavy atom. The van der Waals surface area contributed by atoms with Gasteiger partial charge in [0.1, 0.15) is 22.6 Å². The molecular formula is C19H25Cl2FN2O4. The monoisotopic (exact) mass is 434 g/mol. The van der Waals surface area contributed by atoms with Crippen LogP contribution in [-0.4, -0.2) is 41.4 Å². The topological polar surface area (TPSA) is 67.9 Å². The standard InChI is InChI=1S/C19H25Cl2FN2O4/c1-17(2,3)27-15(25)23-19(11-7-14(22)13(21)8-12(11)20)9-24(10-19)16(26)28-18(4,5)6/h7-8H,9-10H2,1-6H3,(H,23,25). The number of carbonyl (C=O) groups is 2. The maximum Gasteiger partial charge on any atom is 0.410 e. The predicted molar refractivity (Wildman–Crippen MR) is 105 cm³/mol. The van der Waals surface area contributed by atoms with Gasteiger partial charge in [0.25, 0.3) is 0 Å². The van der Waals surface area contributed by atoms with Crippen LogP contribution in [0.1, 0.15) is 47.1 Å². The predicted octanol–water partition coefficient (Wildman–Crippen LogP) is 5.10. The van der Waals surface area contributed by atoms with Gasteiger partial charge in [-0.3, -0.25) is 0 Å². The summed E-state index contributed by atoms with van der Waals surface area (Å²) in [5, 5.41) is 2.77. The smallest absolute Gasteiger partial charge is 0.410 e. The molecule has 0 unspecified atom stereocenters. The lowest BCUT2D eigenvalue weighted by atomic mass is 9.82. The average molecular weight is 435 g/mol. The van der Waals surface area contributed by atoms with Crippen molar-refractivity contribution in [3.8, 4) is 0 Å². The highest BCUT2D eigenvalue weighted by molar-refractivity contribution is 6.35. The Bertz CT molecular complexity index is 781. The van der Waals surface area contributed by atoms with Gasteiger partial charge in [-0.15, -0.1) is 0 Å². The van der Waals surface area contributed by atoms with E-state index in [0.717, 1.165) is 6.07 Å². The molecule has 0 atom stereocenters. The zero-order valence-corrected chi connectivity index (χ0v) is 18.3. The van der Waals surface area contributed by atoms with Crippen molar-refractivity contribution in [2.24, 2.45) is 0 Å². The molecule has 28 heavy (non-hydrogen) atoms. The molecule has 1 N–H and O–H groups in total. The van der Waals surface area contributed by atoms with Crippen LogP contribution in [0.15, 0.2) is 12.1 Å². The molecule has 0 aliphatic carbocycles. The third-order valence-corrected chi connectivity index (χ3v) is 4.44. The number of nitrogens with one attached hydrogen (secondary N) is 1. The highest BCUT2D eigenvalue weighted by Crippen LogP contribution is 2.39. The number of halogens is 3. The first kappa shape index (κ1) is 22.6. The summed E-state index contributed by atoms with van der Waals surface area (Å²) in [4.78, 5) is 26.1. The first-order chi connectivity index (χ1) is 12.6. The second-order valence-electron chi connectivity index (χ2n) is 8.79. The molecule has 0 spiro atoms. The largest absolute Gasteiger partial charge is 0.444 e. The fourth-order valence-corrected chi connectivity index (χ4v) is 3.33. The van der Waals surface area contributed by atoms with Crippen molar-refractivity contribution in [3.05, 3.63) is 33.6 Å². The number of ether oxygens (including phenoxy) is 2. The average Bonchev–Trinajstić information content (AvgIpc) is 2.42. The lowest BCUT2D eigenvalue weighted by Crippen LogP contribution is -2.69. The molecule has 6 nitrogen and oxygen atoms in total. The summed E-state index contributed by atoms with van der Waals surface area (Å²) in [7, 11) is 0. The van der Waals surface area contributed by atoms with Gasteiger partial charge in [0.05, 0.1) is 18.1 Å². The number of benzene rings is 1. The van der Waals surface area contributed by atoms with E-state index < -0.39 is 34.7 Å². The van der Waals surface area contributed by atoms with Gasteiger partial charge in [-0.05, 0) is 53.7 Å². The van der Waals surface area contributed by atoms with Crippen molar-refractivity contribution in [2.75, 3.05) is 13.1 Å². The molecule has 0 saturated carbocycles. The van der Waals surface area contributed by atoms with Crippen molar-refractivity contribution in [1.82, 2.24) is 10.2 Å². The fraction of sp³-hybridized carbons (Fsp3) is 0.579. The van der Waals surface area contributed by atoms with Gasteiger partial charge in [-0.25, -0.2) is 14.0 Å². The van der Waals surface area contributed by atoms with E-state index in [9.17, 15) is 14.0 Å². The fourth-order valence-electron chi connectivity index (χ4n) is 2.77. The molecule has 0 radical (unpaired) electrons. The van der Waals surface area contributed by atoms with E-state index in [1.165, 1.54) is 11.0 Å². The van der Waals surface area contributed by atoms with Crippen molar-refractivity contribution >= 4 is 35.4 Å². The minimum Gasteiger partial charge on any atom is -0.444 e. The lowest BCUT2D eigenvalue weighted by Gasteiger charge is -2.50. The van der Waals surface area contributed by atoms with Crippen LogP contribution in [-0.2, 0) is 15.0 Å². The second-order valence-corrected chi connectivity index (χ2v) is 9.61. The number of nitrogens with zero attached hydrogens (tertiary/aromatic N) is 1. The molecular weight excluding hydrogens is 410 g/mol. The van der Waals surface area contributed by atoms with Gasteiger partial charge in [0.2, 0.25) is 0 Å². The van der Waals surface area contributed by atoms with Crippen LogP contribution < -0.4 is 5.32 Å². The summed E-state index contributed by atoms with van der Waals surface area (Å²) in [5.41, 5.74) is -2.21. The van der Waals surface area contributed by atoms with Gasteiger partial charge < -0.3 is 19.7 Å². The molecule has 1 aliphatic heterocycles. The third kappa shape index (κ3) is 5.41. The minimum absolute atomic E-state index is 0.0436. The Kier molecular flexibility index (Phi) is 6.12. The molecule has 2 amide bonds. The van der Waals surface area contributed by atoms with Crippen LogP contribution in [0.25, 0.3) is 0 Å². The SMILES string of the molecule is CC(C)(C)OC(=O)NC1(c2cc(F)c(Cl)cc2Cl)CN(C(=O)OC(C)(C)C)C1. The van der Waals surface area contributed by atoms with E-state index in [2.05, 4.69) is 5.32 Å². The van der Waals surface area contributed by atoms with Gasteiger partial charge in [-0.2, -0.15) is 0 Å². The van der Waals surface area contributed by atoms with Crippen LogP contribution in [0.2, 0.25) is 10.0 Å². The molecule has 9 heteroatoms. The summed E-state index contributed by atoms with van der Waals surface area (Å²) < 4.78 is 24.8. The number of carbonyl (C=O) groups excluding carboxylic acids is 2. The first-order valence-corrected chi connectivity index (χ1v) is 9.52. The van der Waals surface area contributed by atoms with E-state index in [1.54, 1.807) is 41.5 Å². The van der Waals surface area contributed by atoms with Crippen molar-refractivity contribution in [1.29, 1.82) is 0 Å².